The summed E-state index contributed by atoms with van der Waals surface area (Å²) in [6.45, 7) is 6.50. The van der Waals surface area contributed by atoms with E-state index in [4.69, 9.17) is 0 Å². The first-order valence-electron chi connectivity index (χ1n) is 6.84. The molecular formula is C14H19BrN4S2. The highest BCUT2D eigenvalue weighted by molar-refractivity contribution is 9.11. The lowest BCUT2D eigenvalue weighted by atomic mass is 10.3. The first-order valence-corrected chi connectivity index (χ1v) is 9.33. The summed E-state index contributed by atoms with van der Waals surface area (Å²) in [5, 5.41) is 9.85. The second kappa shape index (κ2) is 8.51. The van der Waals surface area contributed by atoms with Gasteiger partial charge in [0.2, 0.25) is 0 Å². The zero-order valence-corrected chi connectivity index (χ0v) is 15.4. The largest absolute Gasteiger partial charge is 0.357 e. The van der Waals surface area contributed by atoms with E-state index >= 15 is 0 Å². The van der Waals surface area contributed by atoms with Crippen LogP contribution in [0, 0.1) is 6.92 Å². The molecule has 0 atom stereocenters. The Morgan fingerprint density at radius 3 is 2.86 bits per heavy atom. The monoisotopic (exact) mass is 386 g/mol. The summed E-state index contributed by atoms with van der Waals surface area (Å²) >= 11 is 6.88. The molecule has 7 heteroatoms. The number of rotatable bonds is 6. The highest BCUT2D eigenvalue weighted by Gasteiger charge is 2.01. The Hall–Kier alpha value is -0.920. The molecule has 0 saturated heterocycles. The zero-order valence-electron chi connectivity index (χ0n) is 12.1. The van der Waals surface area contributed by atoms with Crippen LogP contribution in [0.3, 0.4) is 0 Å². The third-order valence-electron chi connectivity index (χ3n) is 2.71. The Kier molecular flexibility index (Phi) is 6.66. The van der Waals surface area contributed by atoms with E-state index in [2.05, 4.69) is 61.0 Å². The average molecular weight is 387 g/mol. The highest BCUT2D eigenvalue weighted by atomic mass is 79.9. The topological polar surface area (TPSA) is 49.3 Å². The maximum absolute atomic E-state index is 4.60. The van der Waals surface area contributed by atoms with E-state index in [0.717, 1.165) is 40.0 Å². The van der Waals surface area contributed by atoms with Crippen molar-refractivity contribution in [2.24, 2.45) is 4.99 Å². The van der Waals surface area contributed by atoms with Crippen molar-refractivity contribution in [2.45, 2.75) is 26.8 Å². The molecule has 2 aromatic heterocycles. The predicted octanol–water partition coefficient (Wildman–Crippen LogP) is 3.57. The molecule has 0 bridgehead atoms. The zero-order chi connectivity index (χ0) is 15.1. The molecule has 0 aliphatic heterocycles. The predicted molar refractivity (Wildman–Crippen MR) is 95.4 cm³/mol. The first-order chi connectivity index (χ1) is 10.2. The summed E-state index contributed by atoms with van der Waals surface area (Å²) in [6, 6.07) is 4.15. The van der Waals surface area contributed by atoms with Crippen LogP contribution in [-0.4, -0.2) is 24.0 Å². The van der Waals surface area contributed by atoms with Crippen LogP contribution in [-0.2, 0) is 13.0 Å². The van der Waals surface area contributed by atoms with Crippen molar-refractivity contribution >= 4 is 44.6 Å². The number of guanidine groups is 1. The van der Waals surface area contributed by atoms with Gasteiger partial charge in [-0.15, -0.1) is 22.7 Å². The molecule has 2 aromatic rings. The fourth-order valence-corrected chi connectivity index (χ4v) is 3.82. The van der Waals surface area contributed by atoms with Gasteiger partial charge in [0, 0.05) is 29.8 Å². The van der Waals surface area contributed by atoms with Gasteiger partial charge in [-0.05, 0) is 41.9 Å². The van der Waals surface area contributed by atoms with E-state index in [1.807, 2.05) is 6.92 Å². The van der Waals surface area contributed by atoms with Gasteiger partial charge in [-0.1, -0.05) is 0 Å². The third-order valence-corrected chi connectivity index (χ3v) is 5.14. The molecule has 4 nitrogen and oxygen atoms in total. The molecule has 0 aliphatic rings. The highest BCUT2D eigenvalue weighted by Crippen LogP contribution is 2.22. The maximum atomic E-state index is 4.60. The number of thiophene rings is 1. The van der Waals surface area contributed by atoms with Gasteiger partial charge in [0.15, 0.2) is 5.96 Å². The van der Waals surface area contributed by atoms with Crippen molar-refractivity contribution in [1.29, 1.82) is 0 Å². The number of thiazole rings is 1. The van der Waals surface area contributed by atoms with Crippen LogP contribution in [0.4, 0.5) is 0 Å². The van der Waals surface area contributed by atoms with Gasteiger partial charge in [0.1, 0.15) is 0 Å². The van der Waals surface area contributed by atoms with Gasteiger partial charge < -0.3 is 10.6 Å². The Morgan fingerprint density at radius 2 is 2.24 bits per heavy atom. The lowest BCUT2D eigenvalue weighted by Gasteiger charge is -2.10. The molecule has 2 heterocycles. The number of nitrogens with one attached hydrogen (secondary N) is 2. The second-order valence-electron chi connectivity index (χ2n) is 4.44. The third kappa shape index (κ3) is 5.76. The summed E-state index contributed by atoms with van der Waals surface area (Å²) < 4.78 is 1.14. The molecule has 0 saturated carbocycles. The Balaban J connectivity index is 1.83. The Morgan fingerprint density at radius 1 is 1.38 bits per heavy atom. The van der Waals surface area contributed by atoms with Crippen molar-refractivity contribution in [3.63, 3.8) is 0 Å². The van der Waals surface area contributed by atoms with Crippen molar-refractivity contribution in [3.8, 4) is 0 Å². The van der Waals surface area contributed by atoms with Crippen LogP contribution >= 0.6 is 38.6 Å². The number of nitrogens with zero attached hydrogens (tertiary/aromatic N) is 2. The minimum Gasteiger partial charge on any atom is -0.357 e. The fourth-order valence-electron chi connectivity index (χ4n) is 1.77. The standard InChI is InChI=1S/C14H19BrN4S2/c1-3-16-14(18-8-12-4-5-13(15)21-12)17-7-6-11-9-20-10(2)19-11/h4-5,9H,3,6-8H2,1-2H3,(H2,16,17,18). The number of aromatic nitrogens is 1. The summed E-state index contributed by atoms with van der Waals surface area (Å²) in [6.07, 6.45) is 0.916. The molecule has 0 fully saturated rings. The van der Waals surface area contributed by atoms with E-state index in [-0.39, 0.29) is 0 Å². The molecule has 2 rings (SSSR count). The summed E-state index contributed by atoms with van der Waals surface area (Å²) in [5.74, 6) is 0.856. The summed E-state index contributed by atoms with van der Waals surface area (Å²) in [4.78, 5) is 10.3. The minimum absolute atomic E-state index is 0.696. The Labute approximate surface area is 141 Å². The minimum atomic E-state index is 0.696. The smallest absolute Gasteiger partial charge is 0.191 e. The van der Waals surface area contributed by atoms with Crippen molar-refractivity contribution in [2.75, 3.05) is 13.1 Å². The van der Waals surface area contributed by atoms with Gasteiger partial charge >= 0.3 is 0 Å². The summed E-state index contributed by atoms with van der Waals surface area (Å²) in [5.41, 5.74) is 1.14. The molecule has 0 radical (unpaired) electrons. The van der Waals surface area contributed by atoms with Crippen LogP contribution < -0.4 is 10.6 Å². The summed E-state index contributed by atoms with van der Waals surface area (Å²) in [7, 11) is 0. The van der Waals surface area contributed by atoms with Crippen molar-refractivity contribution in [1.82, 2.24) is 15.6 Å². The van der Waals surface area contributed by atoms with Crippen LogP contribution in [0.25, 0.3) is 0 Å². The molecule has 21 heavy (non-hydrogen) atoms. The van der Waals surface area contributed by atoms with Crippen LogP contribution in [0.5, 0.6) is 0 Å². The van der Waals surface area contributed by atoms with Crippen LogP contribution in [0.1, 0.15) is 22.5 Å². The normalized spacial score (nSPS) is 11.7. The second-order valence-corrected chi connectivity index (χ2v) is 8.05. The number of aliphatic imine (C=N–C) groups is 1. The SMILES string of the molecule is CCNC(=NCc1ccc(Br)s1)NCCc1csc(C)n1. The van der Waals surface area contributed by atoms with Crippen molar-refractivity contribution in [3.05, 3.63) is 36.9 Å². The van der Waals surface area contributed by atoms with E-state index < -0.39 is 0 Å². The molecule has 0 spiro atoms. The van der Waals surface area contributed by atoms with Gasteiger partial charge in [-0.25, -0.2) is 9.98 Å². The quantitative estimate of drug-likeness (QED) is 0.589. The van der Waals surface area contributed by atoms with Crippen LogP contribution in [0.15, 0.2) is 26.3 Å². The van der Waals surface area contributed by atoms with Gasteiger partial charge in [-0.2, -0.15) is 0 Å². The molecule has 2 N–H and O–H groups in total. The lowest BCUT2D eigenvalue weighted by Crippen LogP contribution is -2.38. The molecule has 0 unspecified atom stereocenters. The Bertz CT molecular complexity index is 591. The number of hydrogen-bond acceptors (Lipinski definition) is 4. The molecule has 0 aliphatic carbocycles. The maximum Gasteiger partial charge on any atom is 0.191 e. The molecular weight excluding hydrogens is 368 g/mol. The van der Waals surface area contributed by atoms with E-state index in [1.54, 1.807) is 22.7 Å². The van der Waals surface area contributed by atoms with Gasteiger partial charge in [0.05, 0.1) is 21.0 Å². The van der Waals surface area contributed by atoms with E-state index in [1.165, 1.54) is 4.88 Å². The average Bonchev–Trinajstić information content (AvgIpc) is 3.05. The van der Waals surface area contributed by atoms with Crippen LogP contribution in [0.2, 0.25) is 0 Å². The fraction of sp³-hybridized carbons (Fsp3) is 0.429. The van der Waals surface area contributed by atoms with Crippen molar-refractivity contribution < 1.29 is 0 Å². The first kappa shape index (κ1) is 16.5. The number of aryl methyl sites for hydroxylation is 1. The van der Waals surface area contributed by atoms with Gasteiger partial charge in [0.25, 0.3) is 0 Å². The molecule has 0 aromatic carbocycles. The van der Waals surface area contributed by atoms with E-state index in [0.29, 0.717) is 6.54 Å². The van der Waals surface area contributed by atoms with E-state index in [9.17, 15) is 0 Å². The van der Waals surface area contributed by atoms with Gasteiger partial charge in [-0.3, -0.25) is 0 Å². The molecule has 0 amide bonds. The number of halogens is 1. The molecule has 114 valence electrons. The lowest BCUT2D eigenvalue weighted by molar-refractivity contribution is 0.791. The number of hydrogen-bond donors (Lipinski definition) is 2.